The minimum absolute atomic E-state index is 0.0425. The average Bonchev–Trinajstić information content (AvgIpc) is 2.44. The lowest BCUT2D eigenvalue weighted by Crippen LogP contribution is -2.56. The van der Waals surface area contributed by atoms with Crippen LogP contribution >= 0.6 is 0 Å². The molecule has 2 rings (SSSR count). The van der Waals surface area contributed by atoms with Crippen LogP contribution in [0.3, 0.4) is 0 Å². The summed E-state index contributed by atoms with van der Waals surface area (Å²) in [4.78, 5) is 30.1. The van der Waals surface area contributed by atoms with E-state index in [4.69, 9.17) is 0 Å². The standard InChI is InChI=1S/C16H29N3O2/c1-12-9-13(2)11-19(10-12)14(3)16(21)18-7-5-17(6-8-18)15(4)20/h12-14H,5-11H2,1-4H3. The van der Waals surface area contributed by atoms with E-state index in [9.17, 15) is 9.59 Å². The van der Waals surface area contributed by atoms with Gasteiger partial charge in [-0.1, -0.05) is 13.8 Å². The number of amides is 2. The van der Waals surface area contributed by atoms with Gasteiger partial charge < -0.3 is 9.80 Å². The van der Waals surface area contributed by atoms with Crippen molar-refractivity contribution >= 4 is 11.8 Å². The molecule has 2 saturated heterocycles. The van der Waals surface area contributed by atoms with Gasteiger partial charge in [-0.2, -0.15) is 0 Å². The molecular formula is C16H29N3O2. The molecule has 3 unspecified atom stereocenters. The number of piperazine rings is 1. The Labute approximate surface area is 128 Å². The molecule has 2 heterocycles. The van der Waals surface area contributed by atoms with Crippen LogP contribution in [0, 0.1) is 11.8 Å². The maximum absolute atomic E-state index is 12.7. The number of rotatable bonds is 2. The van der Waals surface area contributed by atoms with Crippen molar-refractivity contribution < 1.29 is 9.59 Å². The third kappa shape index (κ3) is 3.96. The first-order valence-electron chi connectivity index (χ1n) is 8.16. The molecule has 0 aromatic carbocycles. The molecule has 2 amide bonds. The van der Waals surface area contributed by atoms with Gasteiger partial charge in [0, 0.05) is 46.2 Å². The maximum atomic E-state index is 12.7. The molecule has 2 fully saturated rings. The Morgan fingerprint density at radius 3 is 1.90 bits per heavy atom. The van der Waals surface area contributed by atoms with Crippen molar-refractivity contribution in [2.45, 2.75) is 40.2 Å². The molecule has 120 valence electrons. The second-order valence-corrected chi connectivity index (χ2v) is 6.91. The zero-order chi connectivity index (χ0) is 15.6. The summed E-state index contributed by atoms with van der Waals surface area (Å²) in [6.07, 6.45) is 1.26. The molecule has 0 aliphatic carbocycles. The van der Waals surface area contributed by atoms with Gasteiger partial charge >= 0.3 is 0 Å². The third-order valence-corrected chi connectivity index (χ3v) is 4.84. The van der Waals surface area contributed by atoms with Gasteiger partial charge in [0.25, 0.3) is 0 Å². The van der Waals surface area contributed by atoms with Crippen LogP contribution in [0.1, 0.15) is 34.1 Å². The smallest absolute Gasteiger partial charge is 0.239 e. The Hall–Kier alpha value is -1.10. The largest absolute Gasteiger partial charge is 0.339 e. The lowest BCUT2D eigenvalue weighted by Gasteiger charge is -2.41. The molecule has 0 saturated carbocycles. The van der Waals surface area contributed by atoms with Gasteiger partial charge in [0.15, 0.2) is 0 Å². The Bertz CT molecular complexity index is 381. The van der Waals surface area contributed by atoms with E-state index in [2.05, 4.69) is 18.7 Å². The first-order chi connectivity index (χ1) is 9.88. The topological polar surface area (TPSA) is 43.9 Å². The van der Waals surface area contributed by atoms with E-state index < -0.39 is 0 Å². The molecule has 5 heteroatoms. The number of likely N-dealkylation sites (tertiary alicyclic amines) is 1. The first-order valence-corrected chi connectivity index (χ1v) is 8.16. The van der Waals surface area contributed by atoms with E-state index in [0.717, 1.165) is 13.1 Å². The molecule has 0 bridgehead atoms. The summed E-state index contributed by atoms with van der Waals surface area (Å²) in [7, 11) is 0. The van der Waals surface area contributed by atoms with Crippen LogP contribution in [-0.2, 0) is 9.59 Å². The normalized spacial score (nSPS) is 29.3. The molecule has 0 aromatic heterocycles. The van der Waals surface area contributed by atoms with Crippen LogP contribution in [0.5, 0.6) is 0 Å². The molecular weight excluding hydrogens is 266 g/mol. The van der Waals surface area contributed by atoms with Gasteiger partial charge in [0.1, 0.15) is 0 Å². The fourth-order valence-electron chi connectivity index (χ4n) is 3.69. The molecule has 21 heavy (non-hydrogen) atoms. The maximum Gasteiger partial charge on any atom is 0.239 e. The van der Waals surface area contributed by atoms with Crippen molar-refractivity contribution in [1.82, 2.24) is 14.7 Å². The fraction of sp³-hybridized carbons (Fsp3) is 0.875. The lowest BCUT2D eigenvalue weighted by atomic mass is 9.91. The monoisotopic (exact) mass is 295 g/mol. The van der Waals surface area contributed by atoms with Gasteiger partial charge in [-0.25, -0.2) is 0 Å². The molecule has 5 nitrogen and oxygen atoms in total. The van der Waals surface area contributed by atoms with E-state index in [1.807, 2.05) is 16.7 Å². The van der Waals surface area contributed by atoms with Crippen LogP contribution in [0.25, 0.3) is 0 Å². The molecule has 2 aliphatic heterocycles. The minimum Gasteiger partial charge on any atom is -0.339 e. The van der Waals surface area contributed by atoms with Crippen LogP contribution in [0.2, 0.25) is 0 Å². The van der Waals surface area contributed by atoms with Crippen molar-refractivity contribution in [3.63, 3.8) is 0 Å². The number of carbonyl (C=O) groups excluding carboxylic acids is 2. The van der Waals surface area contributed by atoms with Crippen LogP contribution in [-0.4, -0.2) is 71.8 Å². The summed E-state index contributed by atoms with van der Waals surface area (Å²) in [5.41, 5.74) is 0. The predicted octanol–water partition coefficient (Wildman–Crippen LogP) is 1.04. The van der Waals surface area contributed by atoms with Crippen molar-refractivity contribution in [2.75, 3.05) is 39.3 Å². The highest BCUT2D eigenvalue weighted by atomic mass is 16.2. The molecule has 0 aromatic rings. The van der Waals surface area contributed by atoms with Crippen molar-refractivity contribution in [3.05, 3.63) is 0 Å². The number of carbonyl (C=O) groups is 2. The molecule has 2 aliphatic rings. The third-order valence-electron chi connectivity index (χ3n) is 4.84. The van der Waals surface area contributed by atoms with E-state index >= 15 is 0 Å². The fourth-order valence-corrected chi connectivity index (χ4v) is 3.69. The van der Waals surface area contributed by atoms with Crippen LogP contribution < -0.4 is 0 Å². The molecule has 0 spiro atoms. The predicted molar refractivity (Wildman–Crippen MR) is 82.8 cm³/mol. The van der Waals surface area contributed by atoms with Gasteiger partial charge in [-0.15, -0.1) is 0 Å². The van der Waals surface area contributed by atoms with E-state index in [1.54, 1.807) is 6.92 Å². The highest BCUT2D eigenvalue weighted by Crippen LogP contribution is 2.23. The molecule has 0 N–H and O–H groups in total. The summed E-state index contributed by atoms with van der Waals surface area (Å²) < 4.78 is 0. The van der Waals surface area contributed by atoms with Crippen LogP contribution in [0.4, 0.5) is 0 Å². The lowest BCUT2D eigenvalue weighted by molar-refractivity contribution is -0.142. The van der Waals surface area contributed by atoms with Gasteiger partial charge in [0.05, 0.1) is 6.04 Å². The van der Waals surface area contributed by atoms with E-state index in [-0.39, 0.29) is 17.9 Å². The molecule has 0 radical (unpaired) electrons. The highest BCUT2D eigenvalue weighted by molar-refractivity contribution is 5.82. The Morgan fingerprint density at radius 2 is 1.43 bits per heavy atom. The second-order valence-electron chi connectivity index (χ2n) is 6.91. The minimum atomic E-state index is -0.0425. The summed E-state index contributed by atoms with van der Waals surface area (Å²) in [6.45, 7) is 12.9. The Balaban J connectivity index is 1.89. The number of hydrogen-bond acceptors (Lipinski definition) is 3. The SMILES string of the molecule is CC(=O)N1CCN(C(=O)C(C)N2CC(C)CC(C)C2)CC1. The zero-order valence-corrected chi connectivity index (χ0v) is 13.8. The average molecular weight is 295 g/mol. The molecule has 3 atom stereocenters. The zero-order valence-electron chi connectivity index (χ0n) is 13.8. The Morgan fingerprint density at radius 1 is 0.952 bits per heavy atom. The number of piperidine rings is 1. The van der Waals surface area contributed by atoms with Crippen molar-refractivity contribution in [2.24, 2.45) is 11.8 Å². The van der Waals surface area contributed by atoms with Crippen molar-refractivity contribution in [1.29, 1.82) is 0 Å². The first kappa shape index (κ1) is 16.3. The summed E-state index contributed by atoms with van der Waals surface area (Å²) >= 11 is 0. The second kappa shape index (κ2) is 6.77. The number of hydrogen-bond donors (Lipinski definition) is 0. The van der Waals surface area contributed by atoms with Crippen LogP contribution in [0.15, 0.2) is 0 Å². The van der Waals surface area contributed by atoms with Gasteiger partial charge in [0.2, 0.25) is 11.8 Å². The summed E-state index contributed by atoms with van der Waals surface area (Å²) in [5, 5.41) is 0. The van der Waals surface area contributed by atoms with Gasteiger partial charge in [-0.3, -0.25) is 14.5 Å². The highest BCUT2D eigenvalue weighted by Gasteiger charge is 2.32. The quantitative estimate of drug-likeness (QED) is 0.765. The number of nitrogens with zero attached hydrogens (tertiary/aromatic N) is 3. The summed E-state index contributed by atoms with van der Waals surface area (Å²) in [6, 6.07) is -0.0425. The van der Waals surface area contributed by atoms with Crippen molar-refractivity contribution in [3.8, 4) is 0 Å². The van der Waals surface area contributed by atoms with E-state index in [0.29, 0.717) is 38.0 Å². The summed E-state index contributed by atoms with van der Waals surface area (Å²) in [5.74, 6) is 1.66. The Kier molecular flexibility index (Phi) is 5.25. The van der Waals surface area contributed by atoms with Gasteiger partial charge in [-0.05, 0) is 25.2 Å². The van der Waals surface area contributed by atoms with E-state index in [1.165, 1.54) is 6.42 Å².